The molecule has 0 N–H and O–H groups in total. The van der Waals surface area contributed by atoms with E-state index in [0.717, 1.165) is 5.56 Å². The number of aryl methyl sites for hydroxylation is 3. The SMILES string of the molecule is Cc1cc(C)c(C(C)N=C=O)cc1C. The van der Waals surface area contributed by atoms with E-state index in [1.807, 2.05) is 13.8 Å². The largest absolute Gasteiger partial charge is 0.235 e. The van der Waals surface area contributed by atoms with Gasteiger partial charge in [0.05, 0.1) is 6.04 Å². The van der Waals surface area contributed by atoms with Gasteiger partial charge in [0.2, 0.25) is 6.08 Å². The molecule has 0 spiro atoms. The Morgan fingerprint density at radius 2 is 1.71 bits per heavy atom. The van der Waals surface area contributed by atoms with Crippen LogP contribution in [0, 0.1) is 20.8 Å². The molecule has 0 aromatic heterocycles. The van der Waals surface area contributed by atoms with Gasteiger partial charge in [-0.2, -0.15) is 4.99 Å². The van der Waals surface area contributed by atoms with E-state index in [-0.39, 0.29) is 6.04 Å². The van der Waals surface area contributed by atoms with Crippen LogP contribution in [0.25, 0.3) is 0 Å². The lowest BCUT2D eigenvalue weighted by molar-refractivity contribution is 0.559. The van der Waals surface area contributed by atoms with Crippen molar-refractivity contribution in [3.05, 3.63) is 34.4 Å². The van der Waals surface area contributed by atoms with Gasteiger partial charge in [-0.3, -0.25) is 0 Å². The molecular formula is C12H15NO. The standard InChI is InChI=1S/C12H15NO/c1-8-5-10(3)12(6-9(8)2)11(4)13-7-14/h5-6,11H,1-4H3. The maximum Gasteiger partial charge on any atom is 0.235 e. The van der Waals surface area contributed by atoms with Gasteiger partial charge >= 0.3 is 0 Å². The molecule has 0 saturated heterocycles. The van der Waals surface area contributed by atoms with Crippen molar-refractivity contribution < 1.29 is 4.79 Å². The van der Waals surface area contributed by atoms with Crippen molar-refractivity contribution in [1.29, 1.82) is 0 Å². The van der Waals surface area contributed by atoms with Crippen LogP contribution in [0.5, 0.6) is 0 Å². The van der Waals surface area contributed by atoms with Crippen LogP contribution in [0.3, 0.4) is 0 Å². The zero-order valence-corrected chi connectivity index (χ0v) is 9.09. The van der Waals surface area contributed by atoms with Crippen LogP contribution in [0.2, 0.25) is 0 Å². The number of rotatable bonds is 2. The van der Waals surface area contributed by atoms with Crippen molar-refractivity contribution in [3.8, 4) is 0 Å². The predicted octanol–water partition coefficient (Wildman–Crippen LogP) is 3.01. The van der Waals surface area contributed by atoms with Crippen LogP contribution >= 0.6 is 0 Å². The predicted molar refractivity (Wildman–Crippen MR) is 57.2 cm³/mol. The zero-order chi connectivity index (χ0) is 10.7. The van der Waals surface area contributed by atoms with Gasteiger partial charge in [0.1, 0.15) is 0 Å². The summed E-state index contributed by atoms with van der Waals surface area (Å²) in [5, 5.41) is 0. The second-order valence-electron chi connectivity index (χ2n) is 3.69. The van der Waals surface area contributed by atoms with E-state index in [4.69, 9.17) is 0 Å². The van der Waals surface area contributed by atoms with Crippen LogP contribution in [-0.2, 0) is 4.79 Å². The van der Waals surface area contributed by atoms with Crippen molar-refractivity contribution in [2.75, 3.05) is 0 Å². The highest BCUT2D eigenvalue weighted by molar-refractivity contribution is 5.41. The summed E-state index contributed by atoms with van der Waals surface area (Å²) in [5.41, 5.74) is 4.79. The molecule has 14 heavy (non-hydrogen) atoms. The van der Waals surface area contributed by atoms with Crippen LogP contribution in [0.15, 0.2) is 17.1 Å². The number of benzene rings is 1. The molecule has 1 aromatic rings. The Morgan fingerprint density at radius 3 is 2.29 bits per heavy atom. The number of aliphatic imine (C=N–C) groups is 1. The Hall–Kier alpha value is -1.40. The summed E-state index contributed by atoms with van der Waals surface area (Å²) in [5.74, 6) is 0. The summed E-state index contributed by atoms with van der Waals surface area (Å²) >= 11 is 0. The highest BCUT2D eigenvalue weighted by Gasteiger charge is 2.08. The first kappa shape index (κ1) is 10.7. The summed E-state index contributed by atoms with van der Waals surface area (Å²) in [4.78, 5) is 13.9. The molecule has 0 saturated carbocycles. The average molecular weight is 189 g/mol. The van der Waals surface area contributed by atoms with Gasteiger partial charge in [0.25, 0.3) is 0 Å². The topological polar surface area (TPSA) is 29.4 Å². The fourth-order valence-electron chi connectivity index (χ4n) is 1.58. The molecule has 1 aromatic carbocycles. The van der Waals surface area contributed by atoms with Gasteiger partial charge in [-0.15, -0.1) is 0 Å². The summed E-state index contributed by atoms with van der Waals surface area (Å²) in [6.07, 6.45) is 1.60. The minimum atomic E-state index is -0.0909. The third-order valence-corrected chi connectivity index (χ3v) is 2.58. The van der Waals surface area contributed by atoms with Crippen molar-refractivity contribution >= 4 is 6.08 Å². The maximum atomic E-state index is 10.2. The first-order valence-electron chi connectivity index (χ1n) is 4.71. The fourth-order valence-corrected chi connectivity index (χ4v) is 1.58. The minimum Gasteiger partial charge on any atom is -0.211 e. The molecule has 0 bridgehead atoms. The normalized spacial score (nSPS) is 12.0. The molecule has 0 radical (unpaired) electrons. The van der Waals surface area contributed by atoms with E-state index >= 15 is 0 Å². The van der Waals surface area contributed by atoms with Gasteiger partial charge in [-0.1, -0.05) is 12.1 Å². The minimum absolute atomic E-state index is 0.0909. The highest BCUT2D eigenvalue weighted by atomic mass is 16.1. The summed E-state index contributed by atoms with van der Waals surface area (Å²) in [6.45, 7) is 8.09. The summed E-state index contributed by atoms with van der Waals surface area (Å²) < 4.78 is 0. The molecule has 1 unspecified atom stereocenters. The Kier molecular flexibility index (Phi) is 3.21. The van der Waals surface area contributed by atoms with E-state index in [1.54, 1.807) is 6.08 Å². The molecule has 0 amide bonds. The van der Waals surface area contributed by atoms with Gasteiger partial charge < -0.3 is 0 Å². The van der Waals surface area contributed by atoms with E-state index in [0.29, 0.717) is 0 Å². The first-order valence-corrected chi connectivity index (χ1v) is 4.71. The lowest BCUT2D eigenvalue weighted by Gasteiger charge is -2.11. The van der Waals surface area contributed by atoms with E-state index in [1.165, 1.54) is 16.7 Å². The van der Waals surface area contributed by atoms with E-state index < -0.39 is 0 Å². The number of hydrogen-bond acceptors (Lipinski definition) is 2. The molecule has 0 aliphatic carbocycles. The lowest BCUT2D eigenvalue weighted by atomic mass is 9.97. The maximum absolute atomic E-state index is 10.2. The van der Waals surface area contributed by atoms with Gasteiger partial charge in [-0.05, 0) is 49.9 Å². The monoisotopic (exact) mass is 189 g/mol. The average Bonchev–Trinajstić information content (AvgIpc) is 2.11. The molecule has 0 aliphatic heterocycles. The van der Waals surface area contributed by atoms with Crippen molar-refractivity contribution in [2.24, 2.45) is 4.99 Å². The Morgan fingerprint density at radius 1 is 1.14 bits per heavy atom. The molecule has 1 rings (SSSR count). The van der Waals surface area contributed by atoms with Crippen molar-refractivity contribution in [1.82, 2.24) is 0 Å². The van der Waals surface area contributed by atoms with Gasteiger partial charge in [0, 0.05) is 0 Å². The molecule has 2 heteroatoms. The third kappa shape index (κ3) is 2.09. The van der Waals surface area contributed by atoms with Crippen LogP contribution < -0.4 is 0 Å². The number of isocyanates is 1. The molecule has 1 atom stereocenters. The van der Waals surface area contributed by atoms with Crippen LogP contribution in [-0.4, -0.2) is 6.08 Å². The highest BCUT2D eigenvalue weighted by Crippen LogP contribution is 2.23. The Labute approximate surface area is 84.7 Å². The molecule has 0 heterocycles. The summed E-state index contributed by atoms with van der Waals surface area (Å²) in [6, 6.07) is 4.13. The lowest BCUT2D eigenvalue weighted by Crippen LogP contribution is -1.96. The second kappa shape index (κ2) is 4.21. The van der Waals surface area contributed by atoms with Crippen LogP contribution in [0.1, 0.15) is 35.2 Å². The molecule has 74 valence electrons. The van der Waals surface area contributed by atoms with Gasteiger partial charge in [0.15, 0.2) is 0 Å². The van der Waals surface area contributed by atoms with Crippen molar-refractivity contribution in [3.63, 3.8) is 0 Å². The second-order valence-corrected chi connectivity index (χ2v) is 3.69. The molecule has 2 nitrogen and oxygen atoms in total. The quantitative estimate of drug-likeness (QED) is 0.519. The van der Waals surface area contributed by atoms with Gasteiger partial charge in [-0.25, -0.2) is 4.79 Å². The number of hydrogen-bond donors (Lipinski definition) is 0. The first-order chi connectivity index (χ1) is 6.56. The Bertz CT molecular complexity index is 390. The fraction of sp³-hybridized carbons (Fsp3) is 0.417. The number of nitrogens with zero attached hydrogens (tertiary/aromatic N) is 1. The van der Waals surface area contributed by atoms with E-state index in [2.05, 4.69) is 31.0 Å². The Balaban J connectivity index is 3.21. The molecular weight excluding hydrogens is 174 g/mol. The van der Waals surface area contributed by atoms with Crippen LogP contribution in [0.4, 0.5) is 0 Å². The van der Waals surface area contributed by atoms with Crippen molar-refractivity contribution in [2.45, 2.75) is 33.7 Å². The number of carbonyl (C=O) groups excluding carboxylic acids is 1. The zero-order valence-electron chi connectivity index (χ0n) is 9.09. The van der Waals surface area contributed by atoms with E-state index in [9.17, 15) is 4.79 Å². The summed E-state index contributed by atoms with van der Waals surface area (Å²) in [7, 11) is 0. The molecule has 0 fully saturated rings. The smallest absolute Gasteiger partial charge is 0.211 e. The molecule has 0 aliphatic rings. The third-order valence-electron chi connectivity index (χ3n) is 2.58.